The lowest BCUT2D eigenvalue weighted by Crippen LogP contribution is -2.11. The summed E-state index contributed by atoms with van der Waals surface area (Å²) in [5.41, 5.74) is 12.9. The summed E-state index contributed by atoms with van der Waals surface area (Å²) >= 11 is 0. The molecule has 20 heavy (non-hydrogen) atoms. The molecule has 5 nitrogen and oxygen atoms in total. The van der Waals surface area contributed by atoms with E-state index < -0.39 is 6.10 Å². The van der Waals surface area contributed by atoms with Crippen LogP contribution >= 0.6 is 0 Å². The number of aliphatic hydroxyl groups excluding tert-OH is 2. The van der Waals surface area contributed by atoms with Gasteiger partial charge in [-0.15, -0.1) is 0 Å². The lowest BCUT2D eigenvalue weighted by molar-refractivity contribution is 0.186. The van der Waals surface area contributed by atoms with Crippen molar-refractivity contribution in [3.05, 3.63) is 59.7 Å². The number of rotatable bonds is 3. The van der Waals surface area contributed by atoms with E-state index in [0.717, 1.165) is 11.3 Å². The zero-order valence-corrected chi connectivity index (χ0v) is 11.1. The van der Waals surface area contributed by atoms with Crippen molar-refractivity contribution in [3.63, 3.8) is 0 Å². The second-order valence-corrected chi connectivity index (χ2v) is 4.25. The molecule has 0 saturated carbocycles. The van der Waals surface area contributed by atoms with Crippen LogP contribution in [0, 0.1) is 0 Å². The van der Waals surface area contributed by atoms with E-state index >= 15 is 0 Å². The number of anilines is 1. The molecule has 2 aromatic rings. The number of nitrogen functional groups attached to an aromatic ring is 1. The van der Waals surface area contributed by atoms with Crippen LogP contribution in [-0.2, 0) is 6.61 Å². The predicted octanol–water partition coefficient (Wildman–Crippen LogP) is 1.15. The number of nitrogens with two attached hydrogens (primary N) is 2. The van der Waals surface area contributed by atoms with Gasteiger partial charge in [0.05, 0.1) is 12.7 Å². The molecule has 0 spiro atoms. The van der Waals surface area contributed by atoms with Crippen LogP contribution in [0.2, 0.25) is 0 Å². The Morgan fingerprint density at radius 3 is 2.20 bits per heavy atom. The van der Waals surface area contributed by atoms with Gasteiger partial charge in [-0.1, -0.05) is 24.3 Å². The van der Waals surface area contributed by atoms with E-state index in [0.29, 0.717) is 5.56 Å². The van der Waals surface area contributed by atoms with Crippen molar-refractivity contribution in [3.8, 4) is 5.75 Å². The predicted molar refractivity (Wildman–Crippen MR) is 78.9 cm³/mol. The van der Waals surface area contributed by atoms with Crippen molar-refractivity contribution in [2.45, 2.75) is 12.7 Å². The van der Waals surface area contributed by atoms with E-state index in [1.165, 1.54) is 6.07 Å². The third kappa shape index (κ3) is 5.27. The van der Waals surface area contributed by atoms with Gasteiger partial charge in [-0.25, -0.2) is 0 Å². The van der Waals surface area contributed by atoms with Crippen LogP contribution in [0.4, 0.5) is 5.69 Å². The minimum Gasteiger partial charge on any atom is -0.508 e. The molecule has 0 heterocycles. The van der Waals surface area contributed by atoms with Gasteiger partial charge in [0.15, 0.2) is 0 Å². The fraction of sp³-hybridized carbons (Fsp3) is 0.200. The number of hydrogen-bond donors (Lipinski definition) is 5. The highest BCUT2D eigenvalue weighted by atomic mass is 16.3. The summed E-state index contributed by atoms with van der Waals surface area (Å²) < 4.78 is 0. The highest BCUT2D eigenvalue weighted by Crippen LogP contribution is 2.16. The fourth-order valence-electron chi connectivity index (χ4n) is 1.49. The molecule has 0 aliphatic rings. The van der Waals surface area contributed by atoms with Crippen molar-refractivity contribution >= 4 is 5.69 Å². The monoisotopic (exact) mass is 276 g/mol. The highest BCUT2D eigenvalue weighted by Gasteiger charge is 2.03. The van der Waals surface area contributed by atoms with E-state index in [1.807, 2.05) is 0 Å². The summed E-state index contributed by atoms with van der Waals surface area (Å²) in [7, 11) is 0. The van der Waals surface area contributed by atoms with Crippen LogP contribution in [0.3, 0.4) is 0 Å². The Hall–Kier alpha value is -2.08. The number of phenolic OH excluding ortho intramolecular Hbond substituents is 1. The van der Waals surface area contributed by atoms with Crippen LogP contribution in [0.25, 0.3) is 0 Å². The molecule has 0 saturated heterocycles. The minimum absolute atomic E-state index is 0.0836. The van der Waals surface area contributed by atoms with Crippen LogP contribution in [0.1, 0.15) is 17.2 Å². The van der Waals surface area contributed by atoms with E-state index in [-0.39, 0.29) is 18.9 Å². The van der Waals surface area contributed by atoms with Gasteiger partial charge in [0, 0.05) is 12.2 Å². The molecular formula is C15H20N2O3. The topological polar surface area (TPSA) is 113 Å². The lowest BCUT2D eigenvalue weighted by Gasteiger charge is -2.06. The third-order valence-corrected chi connectivity index (χ3v) is 2.64. The number of aromatic hydroxyl groups is 1. The Labute approximate surface area is 118 Å². The summed E-state index contributed by atoms with van der Waals surface area (Å²) in [6.45, 7) is 0.254. The van der Waals surface area contributed by atoms with Crippen molar-refractivity contribution in [1.82, 2.24) is 0 Å². The maximum Gasteiger partial charge on any atom is 0.115 e. The molecule has 0 aromatic heterocycles. The number of hydrogen-bond acceptors (Lipinski definition) is 5. The van der Waals surface area contributed by atoms with Crippen LogP contribution in [0.15, 0.2) is 48.5 Å². The normalized spacial score (nSPS) is 11.3. The summed E-state index contributed by atoms with van der Waals surface area (Å²) in [4.78, 5) is 0. The Balaban J connectivity index is 0.000000204. The number of aliphatic hydroxyl groups is 2. The van der Waals surface area contributed by atoms with E-state index in [2.05, 4.69) is 0 Å². The smallest absolute Gasteiger partial charge is 0.115 e. The van der Waals surface area contributed by atoms with Crippen LogP contribution in [0.5, 0.6) is 5.75 Å². The Morgan fingerprint density at radius 2 is 1.70 bits per heavy atom. The standard InChI is InChI=1S/C8H11NO2.C7H9NO/c9-5-8(11)6-2-1-3-7(10)4-6;8-7-3-1-6(5-9)2-4-7/h1-4,8,10-11H,5,9H2;1-4,9H,5,8H2. The molecule has 2 rings (SSSR count). The molecular weight excluding hydrogens is 256 g/mol. The van der Waals surface area contributed by atoms with Crippen molar-refractivity contribution in [2.24, 2.45) is 5.73 Å². The van der Waals surface area contributed by atoms with E-state index in [9.17, 15) is 5.11 Å². The lowest BCUT2D eigenvalue weighted by atomic mass is 10.1. The van der Waals surface area contributed by atoms with Gasteiger partial charge < -0.3 is 26.8 Å². The quantitative estimate of drug-likeness (QED) is 0.540. The molecule has 1 unspecified atom stereocenters. The first kappa shape index (κ1) is 16.0. The third-order valence-electron chi connectivity index (χ3n) is 2.64. The summed E-state index contributed by atoms with van der Waals surface area (Å²) in [6, 6.07) is 13.6. The summed E-state index contributed by atoms with van der Waals surface area (Å²) in [5, 5.41) is 26.8. The zero-order valence-electron chi connectivity index (χ0n) is 11.1. The number of benzene rings is 2. The van der Waals surface area contributed by atoms with E-state index in [1.54, 1.807) is 42.5 Å². The maximum absolute atomic E-state index is 9.22. The Kier molecular flexibility index (Phi) is 6.52. The molecule has 0 bridgehead atoms. The van der Waals surface area contributed by atoms with Gasteiger partial charge in [-0.05, 0) is 35.4 Å². The second kappa shape index (κ2) is 8.16. The van der Waals surface area contributed by atoms with E-state index in [4.69, 9.17) is 21.7 Å². The maximum atomic E-state index is 9.22. The molecule has 0 aliphatic heterocycles. The molecule has 7 N–H and O–H groups in total. The molecule has 1 atom stereocenters. The first-order valence-corrected chi connectivity index (χ1v) is 6.19. The van der Waals surface area contributed by atoms with Crippen LogP contribution in [-0.4, -0.2) is 21.9 Å². The van der Waals surface area contributed by atoms with Gasteiger partial charge in [0.2, 0.25) is 0 Å². The summed E-state index contributed by atoms with van der Waals surface area (Å²) in [5.74, 6) is 0.148. The fourth-order valence-corrected chi connectivity index (χ4v) is 1.49. The van der Waals surface area contributed by atoms with Crippen molar-refractivity contribution < 1.29 is 15.3 Å². The number of phenols is 1. The zero-order chi connectivity index (χ0) is 15.0. The highest BCUT2D eigenvalue weighted by molar-refractivity contribution is 5.38. The molecule has 0 fully saturated rings. The largest absolute Gasteiger partial charge is 0.508 e. The van der Waals surface area contributed by atoms with Gasteiger partial charge in [-0.2, -0.15) is 0 Å². The first-order chi connectivity index (χ1) is 9.56. The van der Waals surface area contributed by atoms with Gasteiger partial charge in [0.1, 0.15) is 5.75 Å². The average molecular weight is 276 g/mol. The van der Waals surface area contributed by atoms with Crippen molar-refractivity contribution in [2.75, 3.05) is 12.3 Å². The molecule has 0 amide bonds. The SMILES string of the molecule is NCC(O)c1cccc(O)c1.Nc1ccc(CO)cc1. The van der Waals surface area contributed by atoms with Crippen molar-refractivity contribution in [1.29, 1.82) is 0 Å². The molecule has 108 valence electrons. The average Bonchev–Trinajstić information content (AvgIpc) is 2.48. The Morgan fingerprint density at radius 1 is 1.05 bits per heavy atom. The van der Waals surface area contributed by atoms with Crippen LogP contribution < -0.4 is 11.5 Å². The Bertz CT molecular complexity index is 515. The molecule has 0 aliphatic carbocycles. The second-order valence-electron chi connectivity index (χ2n) is 4.25. The minimum atomic E-state index is -0.679. The molecule has 5 heteroatoms. The first-order valence-electron chi connectivity index (χ1n) is 6.19. The molecule has 2 aromatic carbocycles. The van der Waals surface area contributed by atoms with Gasteiger partial charge in [-0.3, -0.25) is 0 Å². The molecule has 0 radical (unpaired) electrons. The summed E-state index contributed by atoms with van der Waals surface area (Å²) in [6.07, 6.45) is -0.679. The van der Waals surface area contributed by atoms with Gasteiger partial charge in [0.25, 0.3) is 0 Å². The van der Waals surface area contributed by atoms with Gasteiger partial charge >= 0.3 is 0 Å².